The standard InChI is InChI=1S/C19H25F2N3O3.ClH/c20-19(21)27-16-8-2-1-6-14(16)18(26)24-10-4-5-13(12-24)11-23-17(25)15-7-3-9-22-15;/h1-2,6,8,13,15,19,22H,3-5,7,9-12H2,(H,23,25);1H. The molecule has 0 bridgehead atoms. The molecule has 2 heterocycles. The Labute approximate surface area is 169 Å². The van der Waals surface area contributed by atoms with Gasteiger partial charge in [-0.1, -0.05) is 12.1 Å². The van der Waals surface area contributed by atoms with Gasteiger partial charge in [0, 0.05) is 19.6 Å². The molecule has 28 heavy (non-hydrogen) atoms. The number of likely N-dealkylation sites (tertiary alicyclic amines) is 1. The second-order valence-corrected chi connectivity index (χ2v) is 7.03. The lowest BCUT2D eigenvalue weighted by Gasteiger charge is -2.33. The number of ether oxygens (including phenoxy) is 1. The lowest BCUT2D eigenvalue weighted by atomic mass is 9.97. The van der Waals surface area contributed by atoms with Crippen LogP contribution in [-0.4, -0.2) is 55.5 Å². The molecule has 0 saturated carbocycles. The van der Waals surface area contributed by atoms with Crippen molar-refractivity contribution in [3.8, 4) is 5.75 Å². The highest BCUT2D eigenvalue weighted by atomic mass is 35.5. The van der Waals surface area contributed by atoms with Crippen LogP contribution in [-0.2, 0) is 4.79 Å². The summed E-state index contributed by atoms with van der Waals surface area (Å²) in [6.45, 7) is -0.552. The molecule has 0 aliphatic carbocycles. The van der Waals surface area contributed by atoms with Crippen LogP contribution in [0, 0.1) is 5.92 Å². The van der Waals surface area contributed by atoms with E-state index in [0.717, 1.165) is 32.2 Å². The molecule has 9 heteroatoms. The highest BCUT2D eigenvalue weighted by molar-refractivity contribution is 5.97. The van der Waals surface area contributed by atoms with Gasteiger partial charge in [0.15, 0.2) is 0 Å². The van der Waals surface area contributed by atoms with Gasteiger partial charge < -0.3 is 20.3 Å². The Morgan fingerprint density at radius 3 is 2.75 bits per heavy atom. The summed E-state index contributed by atoms with van der Waals surface area (Å²) in [4.78, 5) is 26.6. The summed E-state index contributed by atoms with van der Waals surface area (Å²) >= 11 is 0. The Morgan fingerprint density at radius 2 is 2.04 bits per heavy atom. The summed E-state index contributed by atoms with van der Waals surface area (Å²) in [7, 11) is 0. The monoisotopic (exact) mass is 417 g/mol. The van der Waals surface area contributed by atoms with Gasteiger partial charge in [0.05, 0.1) is 11.6 Å². The highest BCUT2D eigenvalue weighted by Crippen LogP contribution is 2.25. The number of hydrogen-bond donors (Lipinski definition) is 2. The predicted molar refractivity (Wildman–Crippen MR) is 103 cm³/mol. The zero-order chi connectivity index (χ0) is 19.2. The smallest absolute Gasteiger partial charge is 0.387 e. The molecule has 2 saturated heterocycles. The molecule has 0 spiro atoms. The van der Waals surface area contributed by atoms with Crippen LogP contribution in [0.1, 0.15) is 36.0 Å². The summed E-state index contributed by atoms with van der Waals surface area (Å²) in [5.74, 6) is -0.275. The van der Waals surface area contributed by atoms with Crippen molar-refractivity contribution in [2.45, 2.75) is 38.3 Å². The van der Waals surface area contributed by atoms with Gasteiger partial charge in [-0.05, 0) is 50.3 Å². The van der Waals surface area contributed by atoms with Crippen molar-refractivity contribution in [3.63, 3.8) is 0 Å². The molecule has 1 aromatic rings. The fourth-order valence-corrected chi connectivity index (χ4v) is 3.71. The number of benzene rings is 1. The van der Waals surface area contributed by atoms with E-state index in [9.17, 15) is 18.4 Å². The normalized spacial score (nSPS) is 21.9. The van der Waals surface area contributed by atoms with Gasteiger partial charge in [0.1, 0.15) is 5.75 Å². The van der Waals surface area contributed by atoms with Crippen LogP contribution in [0.5, 0.6) is 5.75 Å². The van der Waals surface area contributed by atoms with E-state index in [-0.39, 0.29) is 47.5 Å². The lowest BCUT2D eigenvalue weighted by Crippen LogP contribution is -2.46. The van der Waals surface area contributed by atoms with Gasteiger partial charge in [-0.15, -0.1) is 12.4 Å². The van der Waals surface area contributed by atoms with E-state index in [2.05, 4.69) is 15.4 Å². The van der Waals surface area contributed by atoms with E-state index >= 15 is 0 Å². The summed E-state index contributed by atoms with van der Waals surface area (Å²) < 4.78 is 29.6. The minimum atomic E-state index is -2.98. The van der Waals surface area contributed by atoms with Crippen molar-refractivity contribution in [2.75, 3.05) is 26.2 Å². The second kappa shape index (κ2) is 10.6. The maximum Gasteiger partial charge on any atom is 0.387 e. The first-order valence-electron chi connectivity index (χ1n) is 9.39. The van der Waals surface area contributed by atoms with Gasteiger partial charge in [-0.25, -0.2) is 0 Å². The van der Waals surface area contributed by atoms with Crippen LogP contribution >= 0.6 is 12.4 Å². The molecule has 1 aromatic carbocycles. The molecule has 156 valence electrons. The zero-order valence-electron chi connectivity index (χ0n) is 15.5. The Kier molecular flexibility index (Phi) is 8.44. The van der Waals surface area contributed by atoms with E-state index in [4.69, 9.17) is 0 Å². The number of nitrogens with zero attached hydrogens (tertiary/aromatic N) is 1. The molecular weight excluding hydrogens is 392 g/mol. The first-order chi connectivity index (χ1) is 13.0. The number of nitrogens with one attached hydrogen (secondary N) is 2. The van der Waals surface area contributed by atoms with Crippen LogP contribution < -0.4 is 15.4 Å². The van der Waals surface area contributed by atoms with E-state index in [1.54, 1.807) is 17.0 Å². The maximum atomic E-state index is 12.8. The molecule has 2 aliphatic rings. The van der Waals surface area contributed by atoms with E-state index < -0.39 is 6.61 Å². The van der Waals surface area contributed by atoms with Gasteiger partial charge in [0.2, 0.25) is 5.91 Å². The van der Waals surface area contributed by atoms with Crippen molar-refractivity contribution in [1.29, 1.82) is 0 Å². The van der Waals surface area contributed by atoms with Crippen molar-refractivity contribution in [1.82, 2.24) is 15.5 Å². The predicted octanol–water partition coefficient (Wildman–Crippen LogP) is 2.43. The molecule has 2 N–H and O–H groups in total. The number of para-hydroxylation sites is 1. The van der Waals surface area contributed by atoms with Crippen LogP contribution in [0.4, 0.5) is 8.78 Å². The number of halogens is 3. The Hall–Kier alpha value is -1.93. The average Bonchev–Trinajstić information content (AvgIpc) is 3.21. The number of piperidine rings is 1. The first kappa shape index (κ1) is 22.4. The number of hydrogen-bond acceptors (Lipinski definition) is 4. The third kappa shape index (κ3) is 5.78. The van der Waals surface area contributed by atoms with Crippen LogP contribution in [0.15, 0.2) is 24.3 Å². The molecule has 6 nitrogen and oxygen atoms in total. The Balaban J connectivity index is 0.00000280. The van der Waals surface area contributed by atoms with Gasteiger partial charge in [-0.2, -0.15) is 8.78 Å². The van der Waals surface area contributed by atoms with Gasteiger partial charge >= 0.3 is 6.61 Å². The minimum Gasteiger partial charge on any atom is -0.434 e. The molecule has 2 fully saturated rings. The molecule has 0 aromatic heterocycles. The third-order valence-electron chi connectivity index (χ3n) is 5.08. The lowest BCUT2D eigenvalue weighted by molar-refractivity contribution is -0.123. The van der Waals surface area contributed by atoms with Crippen LogP contribution in [0.2, 0.25) is 0 Å². The van der Waals surface area contributed by atoms with Crippen LogP contribution in [0.3, 0.4) is 0 Å². The first-order valence-corrected chi connectivity index (χ1v) is 9.39. The van der Waals surface area contributed by atoms with E-state index in [1.165, 1.54) is 12.1 Å². The number of amides is 2. The molecule has 2 aliphatic heterocycles. The van der Waals surface area contributed by atoms with E-state index in [0.29, 0.717) is 19.6 Å². The molecule has 0 radical (unpaired) electrons. The summed E-state index contributed by atoms with van der Waals surface area (Å²) in [6, 6.07) is 5.93. The molecule has 2 unspecified atom stereocenters. The fourth-order valence-electron chi connectivity index (χ4n) is 3.71. The third-order valence-corrected chi connectivity index (χ3v) is 5.08. The number of rotatable bonds is 6. The van der Waals surface area contributed by atoms with Crippen molar-refractivity contribution in [3.05, 3.63) is 29.8 Å². The van der Waals surface area contributed by atoms with Gasteiger partial charge in [0.25, 0.3) is 5.91 Å². The van der Waals surface area contributed by atoms with Gasteiger partial charge in [-0.3, -0.25) is 9.59 Å². The molecule has 2 amide bonds. The second-order valence-electron chi connectivity index (χ2n) is 7.03. The minimum absolute atomic E-state index is 0. The largest absolute Gasteiger partial charge is 0.434 e. The van der Waals surface area contributed by atoms with Crippen molar-refractivity contribution in [2.24, 2.45) is 5.92 Å². The molecular formula is C19H26ClF2N3O3. The topological polar surface area (TPSA) is 70.7 Å². The van der Waals surface area contributed by atoms with E-state index in [1.807, 2.05) is 0 Å². The summed E-state index contributed by atoms with van der Waals surface area (Å²) in [5.41, 5.74) is 0.137. The number of alkyl halides is 2. The summed E-state index contributed by atoms with van der Waals surface area (Å²) in [6.07, 6.45) is 3.58. The van der Waals surface area contributed by atoms with Crippen molar-refractivity contribution < 1.29 is 23.1 Å². The SMILES string of the molecule is Cl.O=C(NCC1CCCN(C(=O)c2ccccc2OC(F)F)C1)C1CCCN1. The zero-order valence-corrected chi connectivity index (χ0v) is 16.4. The van der Waals surface area contributed by atoms with Crippen LogP contribution in [0.25, 0.3) is 0 Å². The highest BCUT2D eigenvalue weighted by Gasteiger charge is 2.28. The summed E-state index contributed by atoms with van der Waals surface area (Å²) in [5, 5.41) is 6.13. The average molecular weight is 418 g/mol. The molecule has 3 rings (SSSR count). The quantitative estimate of drug-likeness (QED) is 0.745. The molecule has 2 atom stereocenters. The van der Waals surface area contributed by atoms with Crippen molar-refractivity contribution >= 4 is 24.2 Å². The number of carbonyl (C=O) groups excluding carboxylic acids is 2. The number of carbonyl (C=O) groups is 2. The Morgan fingerprint density at radius 1 is 1.25 bits per heavy atom. The Bertz CT molecular complexity index is 672. The maximum absolute atomic E-state index is 12.8. The fraction of sp³-hybridized carbons (Fsp3) is 0.579.